The molecule has 2 atom stereocenters. The monoisotopic (exact) mass is 281 g/mol. The number of esters is 1. The highest BCUT2D eigenvalue weighted by atomic mass is 32.2. The predicted octanol–water partition coefficient (Wildman–Crippen LogP) is 2.47. The van der Waals surface area contributed by atoms with Gasteiger partial charge in [-0.15, -0.1) is 4.72 Å². The van der Waals surface area contributed by atoms with Crippen molar-refractivity contribution in [2.24, 2.45) is 0 Å². The molecule has 0 amide bonds. The van der Waals surface area contributed by atoms with Gasteiger partial charge in [0.05, 0.1) is 11.6 Å². The van der Waals surface area contributed by atoms with Gasteiger partial charge in [0.15, 0.2) is 0 Å². The van der Waals surface area contributed by atoms with E-state index in [0.717, 1.165) is 11.1 Å². The van der Waals surface area contributed by atoms with Gasteiger partial charge in [0.2, 0.25) is 0 Å². The van der Waals surface area contributed by atoms with Crippen LogP contribution in [0.1, 0.15) is 55.2 Å². The second-order valence-corrected chi connectivity index (χ2v) is 7.71. The molecule has 19 heavy (non-hydrogen) atoms. The van der Waals surface area contributed by atoms with Crippen molar-refractivity contribution in [1.29, 1.82) is 0 Å². The average molecular weight is 281 g/mol. The van der Waals surface area contributed by atoms with Crippen LogP contribution in [0, 0.1) is 0 Å². The lowest BCUT2D eigenvalue weighted by Gasteiger charge is -2.26. The van der Waals surface area contributed by atoms with Crippen LogP contribution in [0.5, 0.6) is 0 Å². The minimum absolute atomic E-state index is 0.0407. The predicted molar refractivity (Wildman–Crippen MR) is 75.0 cm³/mol. The summed E-state index contributed by atoms with van der Waals surface area (Å²) in [6, 6.07) is 5.56. The molecule has 0 saturated heterocycles. The molecule has 104 valence electrons. The summed E-state index contributed by atoms with van der Waals surface area (Å²) in [7, 11) is 0. The first-order valence-electron chi connectivity index (χ1n) is 6.27. The highest BCUT2D eigenvalue weighted by Crippen LogP contribution is 2.25. The Bertz CT molecular complexity index is 496. The number of hydrogen-bond acceptors (Lipinski definition) is 4. The smallest absolute Gasteiger partial charge is 0.338 e. The van der Waals surface area contributed by atoms with E-state index in [0.29, 0.717) is 12.2 Å². The summed E-state index contributed by atoms with van der Waals surface area (Å²) < 4.78 is 19.8. The Morgan fingerprint density at radius 3 is 2.74 bits per heavy atom. The SMILES string of the molecule is C[C@H](N[S+]([O-])C(C)(C)C)c1ccc2c(c1)COC2=O. The standard InChI is InChI=1S/C14H19NO3S/c1-9(15-19(17)14(2,3)4)10-5-6-12-11(7-10)8-18-13(12)16/h5-7,9,15H,8H2,1-4H3/t9-,19?/m0/s1. The van der Waals surface area contributed by atoms with Gasteiger partial charge in [-0.2, -0.15) is 0 Å². The molecule has 0 radical (unpaired) electrons. The fourth-order valence-electron chi connectivity index (χ4n) is 1.83. The molecule has 1 N–H and O–H groups in total. The normalized spacial score (nSPS) is 17.8. The summed E-state index contributed by atoms with van der Waals surface area (Å²) in [5, 5.41) is 0. The minimum atomic E-state index is -1.12. The van der Waals surface area contributed by atoms with E-state index in [-0.39, 0.29) is 16.8 Å². The number of carbonyl (C=O) groups excluding carboxylic acids is 1. The van der Waals surface area contributed by atoms with Gasteiger partial charge in [0.25, 0.3) is 0 Å². The molecular weight excluding hydrogens is 262 g/mol. The van der Waals surface area contributed by atoms with E-state index >= 15 is 0 Å². The van der Waals surface area contributed by atoms with Crippen LogP contribution in [-0.4, -0.2) is 15.3 Å². The van der Waals surface area contributed by atoms with Gasteiger partial charge in [-0.3, -0.25) is 0 Å². The van der Waals surface area contributed by atoms with Gasteiger partial charge < -0.3 is 9.29 Å². The highest BCUT2D eigenvalue weighted by molar-refractivity contribution is 7.90. The Hall–Kier alpha value is -1.04. The second-order valence-electron chi connectivity index (χ2n) is 5.71. The Kier molecular flexibility index (Phi) is 3.90. The molecule has 0 fully saturated rings. The van der Waals surface area contributed by atoms with E-state index in [9.17, 15) is 9.35 Å². The molecule has 0 aliphatic carbocycles. The average Bonchev–Trinajstić information content (AvgIpc) is 2.69. The van der Waals surface area contributed by atoms with Crippen LogP contribution >= 0.6 is 0 Å². The molecule has 1 aliphatic rings. The van der Waals surface area contributed by atoms with E-state index in [2.05, 4.69) is 4.72 Å². The zero-order valence-electron chi connectivity index (χ0n) is 11.6. The topological polar surface area (TPSA) is 61.4 Å². The number of hydrogen-bond donors (Lipinski definition) is 1. The van der Waals surface area contributed by atoms with Crippen LogP contribution in [0.25, 0.3) is 0 Å². The Morgan fingerprint density at radius 1 is 1.42 bits per heavy atom. The van der Waals surface area contributed by atoms with Gasteiger partial charge >= 0.3 is 5.97 Å². The zero-order valence-corrected chi connectivity index (χ0v) is 12.5. The third-order valence-corrected chi connectivity index (χ3v) is 4.73. The number of ether oxygens (including phenoxy) is 1. The van der Waals surface area contributed by atoms with Crippen molar-refractivity contribution < 1.29 is 14.1 Å². The molecule has 0 aromatic heterocycles. The number of nitrogens with one attached hydrogen (secondary N) is 1. The molecule has 1 unspecified atom stereocenters. The second kappa shape index (κ2) is 5.15. The van der Waals surface area contributed by atoms with E-state index in [4.69, 9.17) is 4.74 Å². The first-order valence-corrected chi connectivity index (χ1v) is 7.42. The largest absolute Gasteiger partial charge is 0.598 e. The van der Waals surface area contributed by atoms with Crippen molar-refractivity contribution in [2.75, 3.05) is 0 Å². The maximum Gasteiger partial charge on any atom is 0.338 e. The number of carbonyl (C=O) groups is 1. The van der Waals surface area contributed by atoms with Gasteiger partial charge in [-0.05, 0) is 45.4 Å². The van der Waals surface area contributed by atoms with Crippen LogP contribution in [-0.2, 0) is 22.7 Å². The van der Waals surface area contributed by atoms with Crippen LogP contribution in [0.4, 0.5) is 0 Å². The molecule has 1 heterocycles. The first-order chi connectivity index (χ1) is 8.79. The van der Waals surface area contributed by atoms with Crippen molar-refractivity contribution in [3.8, 4) is 0 Å². The molecule has 1 aromatic rings. The molecular formula is C14H19NO3S. The van der Waals surface area contributed by atoms with Gasteiger partial charge in [-0.25, -0.2) is 4.79 Å². The van der Waals surface area contributed by atoms with E-state index in [1.54, 1.807) is 6.07 Å². The Labute approximate surface area is 116 Å². The highest BCUT2D eigenvalue weighted by Gasteiger charge is 2.29. The van der Waals surface area contributed by atoms with Crippen LogP contribution in [0.3, 0.4) is 0 Å². The van der Waals surface area contributed by atoms with Crippen molar-refractivity contribution in [3.63, 3.8) is 0 Å². The van der Waals surface area contributed by atoms with E-state index in [1.807, 2.05) is 39.8 Å². The molecule has 1 aliphatic heterocycles. The summed E-state index contributed by atoms with van der Waals surface area (Å²) in [6.07, 6.45) is 0. The number of fused-ring (bicyclic) bond motifs is 1. The third-order valence-electron chi connectivity index (χ3n) is 3.05. The molecule has 0 spiro atoms. The summed E-state index contributed by atoms with van der Waals surface area (Å²) in [6.45, 7) is 8.08. The third kappa shape index (κ3) is 3.11. The van der Waals surface area contributed by atoms with Gasteiger partial charge in [0.1, 0.15) is 11.4 Å². The quantitative estimate of drug-likeness (QED) is 0.683. The molecule has 0 bridgehead atoms. The van der Waals surface area contributed by atoms with Crippen LogP contribution in [0.15, 0.2) is 18.2 Å². The molecule has 0 saturated carbocycles. The van der Waals surface area contributed by atoms with Gasteiger partial charge in [-0.1, -0.05) is 6.07 Å². The summed E-state index contributed by atoms with van der Waals surface area (Å²) in [4.78, 5) is 11.4. The number of rotatable bonds is 3. The van der Waals surface area contributed by atoms with Crippen molar-refractivity contribution in [2.45, 2.75) is 45.1 Å². The molecule has 2 rings (SSSR count). The van der Waals surface area contributed by atoms with Gasteiger partial charge in [0, 0.05) is 16.9 Å². The minimum Gasteiger partial charge on any atom is -0.598 e. The Morgan fingerprint density at radius 2 is 2.11 bits per heavy atom. The van der Waals surface area contributed by atoms with Crippen LogP contribution in [0.2, 0.25) is 0 Å². The summed E-state index contributed by atoms with van der Waals surface area (Å²) in [5.41, 5.74) is 2.54. The lowest BCUT2D eigenvalue weighted by Crippen LogP contribution is -2.40. The van der Waals surface area contributed by atoms with Crippen molar-refractivity contribution in [1.82, 2.24) is 4.72 Å². The lowest BCUT2D eigenvalue weighted by molar-refractivity contribution is 0.0535. The molecule has 1 aromatic carbocycles. The first kappa shape index (κ1) is 14.4. The molecule has 4 nitrogen and oxygen atoms in total. The number of cyclic esters (lactones) is 1. The Balaban J connectivity index is 2.13. The zero-order chi connectivity index (χ0) is 14.2. The maximum absolute atomic E-state index is 12.1. The van der Waals surface area contributed by atoms with Crippen LogP contribution < -0.4 is 4.72 Å². The van der Waals surface area contributed by atoms with Crippen molar-refractivity contribution in [3.05, 3.63) is 34.9 Å². The summed E-state index contributed by atoms with van der Waals surface area (Å²) >= 11 is -1.12. The fraction of sp³-hybridized carbons (Fsp3) is 0.500. The number of benzene rings is 1. The molecule has 5 heteroatoms. The maximum atomic E-state index is 12.1. The summed E-state index contributed by atoms with van der Waals surface area (Å²) in [5.74, 6) is -0.263. The lowest BCUT2D eigenvalue weighted by atomic mass is 10.0. The fourth-order valence-corrected chi connectivity index (χ4v) is 2.64. The van der Waals surface area contributed by atoms with Crippen molar-refractivity contribution >= 4 is 17.3 Å². The van der Waals surface area contributed by atoms with E-state index < -0.39 is 11.4 Å². The van der Waals surface area contributed by atoms with E-state index in [1.165, 1.54) is 0 Å².